The van der Waals surface area contributed by atoms with Crippen molar-refractivity contribution in [3.63, 3.8) is 0 Å². The fourth-order valence-corrected chi connectivity index (χ4v) is 4.89. The maximum absolute atomic E-state index is 10.7. The van der Waals surface area contributed by atoms with Gasteiger partial charge in [0, 0.05) is 18.6 Å². The van der Waals surface area contributed by atoms with Gasteiger partial charge < -0.3 is 10.1 Å². The van der Waals surface area contributed by atoms with Crippen molar-refractivity contribution < 1.29 is 9.90 Å². The number of carboxylic acid groups (broad SMARTS) is 1. The fraction of sp³-hybridized carbons (Fsp3) is 0.280. The summed E-state index contributed by atoms with van der Waals surface area (Å²) in [6.45, 7) is 6.49. The van der Waals surface area contributed by atoms with Gasteiger partial charge in [-0.15, -0.1) is 0 Å². The highest BCUT2D eigenvalue weighted by molar-refractivity contribution is 7.99. The van der Waals surface area contributed by atoms with Gasteiger partial charge in [-0.1, -0.05) is 48.2 Å². The lowest BCUT2D eigenvalue weighted by Gasteiger charge is -2.13. The number of aliphatic carboxylic acids is 1. The number of hydrogen-bond donors (Lipinski definition) is 2. The number of nitrogens with zero attached hydrogens (tertiary/aromatic N) is 1. The Bertz CT molecular complexity index is 1240. The SMILES string of the molecule is Cc1cc2[nH]c(SCCCC(=O)O)nc2c(Cc2cccc3cccc(C)c23)c1C. The third kappa shape index (κ3) is 4.08. The van der Waals surface area contributed by atoms with E-state index in [1.54, 1.807) is 11.8 Å². The number of carboxylic acids is 1. The smallest absolute Gasteiger partial charge is 0.303 e. The Labute approximate surface area is 180 Å². The first-order valence-corrected chi connectivity index (χ1v) is 11.2. The van der Waals surface area contributed by atoms with Gasteiger partial charge in [0.05, 0.1) is 11.0 Å². The van der Waals surface area contributed by atoms with Crippen molar-refractivity contribution in [2.24, 2.45) is 0 Å². The largest absolute Gasteiger partial charge is 0.481 e. The summed E-state index contributed by atoms with van der Waals surface area (Å²) in [4.78, 5) is 19.0. The molecular formula is C25H26N2O2S. The zero-order chi connectivity index (χ0) is 21.3. The van der Waals surface area contributed by atoms with E-state index in [0.717, 1.165) is 28.4 Å². The van der Waals surface area contributed by atoms with Gasteiger partial charge in [0.2, 0.25) is 0 Å². The predicted octanol–water partition coefficient (Wildman–Crippen LogP) is 6.19. The van der Waals surface area contributed by atoms with E-state index in [2.05, 4.69) is 68.2 Å². The topological polar surface area (TPSA) is 66.0 Å². The molecule has 4 rings (SSSR count). The number of aromatic nitrogens is 2. The van der Waals surface area contributed by atoms with Gasteiger partial charge in [0.25, 0.3) is 0 Å². The number of carbonyl (C=O) groups is 1. The lowest BCUT2D eigenvalue weighted by Crippen LogP contribution is -1.98. The zero-order valence-electron chi connectivity index (χ0n) is 17.6. The van der Waals surface area contributed by atoms with E-state index in [1.807, 2.05) is 0 Å². The highest BCUT2D eigenvalue weighted by Gasteiger charge is 2.15. The summed E-state index contributed by atoms with van der Waals surface area (Å²) in [5, 5.41) is 12.3. The molecular weight excluding hydrogens is 392 g/mol. The number of benzene rings is 3. The van der Waals surface area contributed by atoms with Crippen LogP contribution in [0.2, 0.25) is 0 Å². The summed E-state index contributed by atoms with van der Waals surface area (Å²) in [7, 11) is 0. The van der Waals surface area contributed by atoms with Crippen molar-refractivity contribution in [1.29, 1.82) is 0 Å². The number of hydrogen-bond acceptors (Lipinski definition) is 3. The summed E-state index contributed by atoms with van der Waals surface area (Å²) in [6, 6.07) is 15.1. The molecule has 4 nitrogen and oxygen atoms in total. The Morgan fingerprint density at radius 1 is 1.10 bits per heavy atom. The van der Waals surface area contributed by atoms with Crippen LogP contribution in [-0.2, 0) is 11.2 Å². The van der Waals surface area contributed by atoms with Crippen LogP contribution in [0, 0.1) is 20.8 Å². The van der Waals surface area contributed by atoms with E-state index < -0.39 is 5.97 Å². The zero-order valence-corrected chi connectivity index (χ0v) is 18.4. The molecule has 0 radical (unpaired) electrons. The average Bonchev–Trinajstić information content (AvgIpc) is 3.11. The van der Waals surface area contributed by atoms with Crippen LogP contribution in [-0.4, -0.2) is 26.8 Å². The van der Waals surface area contributed by atoms with E-state index in [0.29, 0.717) is 6.42 Å². The summed E-state index contributed by atoms with van der Waals surface area (Å²) < 4.78 is 0. The number of imidazole rings is 1. The molecule has 0 aliphatic carbocycles. The molecule has 154 valence electrons. The molecule has 0 unspecified atom stereocenters. The van der Waals surface area contributed by atoms with Crippen molar-refractivity contribution in [2.45, 2.75) is 45.2 Å². The molecule has 0 aliphatic heterocycles. The molecule has 5 heteroatoms. The summed E-state index contributed by atoms with van der Waals surface area (Å²) in [5.41, 5.74) is 8.47. The highest BCUT2D eigenvalue weighted by Crippen LogP contribution is 2.31. The van der Waals surface area contributed by atoms with Gasteiger partial charge in [-0.3, -0.25) is 4.79 Å². The second-order valence-electron chi connectivity index (χ2n) is 7.85. The molecule has 0 amide bonds. The van der Waals surface area contributed by atoms with E-state index in [9.17, 15) is 4.79 Å². The second-order valence-corrected chi connectivity index (χ2v) is 8.93. The number of nitrogens with one attached hydrogen (secondary N) is 1. The third-order valence-corrected chi connectivity index (χ3v) is 6.70. The van der Waals surface area contributed by atoms with E-state index in [4.69, 9.17) is 10.1 Å². The van der Waals surface area contributed by atoms with Crippen molar-refractivity contribution in [3.05, 3.63) is 70.3 Å². The van der Waals surface area contributed by atoms with Crippen LogP contribution in [0.1, 0.15) is 40.7 Å². The average molecular weight is 419 g/mol. The lowest BCUT2D eigenvalue weighted by atomic mass is 9.91. The van der Waals surface area contributed by atoms with Crippen molar-refractivity contribution >= 4 is 39.5 Å². The molecule has 0 bridgehead atoms. The molecule has 0 atom stereocenters. The van der Waals surface area contributed by atoms with Crippen LogP contribution in [0.5, 0.6) is 0 Å². The van der Waals surface area contributed by atoms with E-state index in [1.165, 1.54) is 38.6 Å². The van der Waals surface area contributed by atoms with Crippen LogP contribution < -0.4 is 0 Å². The fourth-order valence-electron chi connectivity index (χ4n) is 4.07. The maximum atomic E-state index is 10.7. The van der Waals surface area contributed by atoms with Gasteiger partial charge >= 0.3 is 5.97 Å². The Hall–Kier alpha value is -2.79. The van der Waals surface area contributed by atoms with Crippen LogP contribution in [0.3, 0.4) is 0 Å². The van der Waals surface area contributed by atoms with Crippen LogP contribution in [0.4, 0.5) is 0 Å². The van der Waals surface area contributed by atoms with Gasteiger partial charge in [-0.25, -0.2) is 4.98 Å². The number of thioether (sulfide) groups is 1. The second kappa shape index (κ2) is 8.52. The Morgan fingerprint density at radius 2 is 1.87 bits per heavy atom. The number of aromatic amines is 1. The molecule has 0 fully saturated rings. The lowest BCUT2D eigenvalue weighted by molar-refractivity contribution is -0.137. The van der Waals surface area contributed by atoms with Gasteiger partial charge in [0.1, 0.15) is 0 Å². The number of aryl methyl sites for hydroxylation is 2. The number of rotatable bonds is 7. The number of fused-ring (bicyclic) bond motifs is 2. The molecule has 0 spiro atoms. The molecule has 1 heterocycles. The standard InChI is InChI=1S/C25H26N2O2S/c1-15-7-4-8-18-9-5-10-19(23(15)18)14-20-17(3)16(2)13-21-24(20)27-25(26-21)30-12-6-11-22(28)29/h4-5,7-10,13H,6,11-12,14H2,1-3H3,(H,26,27)(H,28,29). The Morgan fingerprint density at radius 3 is 2.63 bits per heavy atom. The molecule has 0 saturated heterocycles. The van der Waals surface area contributed by atoms with E-state index in [-0.39, 0.29) is 6.42 Å². The highest BCUT2D eigenvalue weighted by atomic mass is 32.2. The van der Waals surface area contributed by atoms with Crippen molar-refractivity contribution in [2.75, 3.05) is 5.75 Å². The Kier molecular flexibility index (Phi) is 5.82. The summed E-state index contributed by atoms with van der Waals surface area (Å²) >= 11 is 1.59. The third-order valence-electron chi connectivity index (χ3n) is 5.74. The minimum absolute atomic E-state index is 0.192. The van der Waals surface area contributed by atoms with Crippen molar-refractivity contribution in [3.8, 4) is 0 Å². The molecule has 0 saturated carbocycles. The molecule has 30 heavy (non-hydrogen) atoms. The van der Waals surface area contributed by atoms with Gasteiger partial charge in [-0.2, -0.15) is 0 Å². The van der Waals surface area contributed by atoms with Crippen LogP contribution in [0.25, 0.3) is 21.8 Å². The van der Waals surface area contributed by atoms with E-state index >= 15 is 0 Å². The molecule has 0 aliphatic rings. The Balaban J connectivity index is 1.72. The van der Waals surface area contributed by atoms with Crippen LogP contribution in [0.15, 0.2) is 47.6 Å². The normalized spacial score (nSPS) is 11.4. The quantitative estimate of drug-likeness (QED) is 0.277. The summed E-state index contributed by atoms with van der Waals surface area (Å²) in [6.07, 6.45) is 1.66. The van der Waals surface area contributed by atoms with Gasteiger partial charge in [-0.05, 0) is 71.8 Å². The summed E-state index contributed by atoms with van der Waals surface area (Å²) in [5.74, 6) is -0.0128. The number of H-pyrrole nitrogens is 1. The van der Waals surface area contributed by atoms with Gasteiger partial charge in [0.15, 0.2) is 5.16 Å². The molecule has 4 aromatic rings. The molecule has 1 aromatic heterocycles. The monoisotopic (exact) mass is 418 g/mol. The minimum Gasteiger partial charge on any atom is -0.481 e. The van der Waals surface area contributed by atoms with Crippen molar-refractivity contribution in [1.82, 2.24) is 9.97 Å². The first kappa shape index (κ1) is 20.5. The first-order valence-electron chi connectivity index (χ1n) is 10.2. The minimum atomic E-state index is -0.751. The molecule has 3 aromatic carbocycles. The maximum Gasteiger partial charge on any atom is 0.303 e. The molecule has 2 N–H and O–H groups in total. The van der Waals surface area contributed by atoms with Crippen LogP contribution >= 0.6 is 11.8 Å². The first-order chi connectivity index (χ1) is 14.4. The predicted molar refractivity (Wildman–Crippen MR) is 125 cm³/mol.